The maximum atomic E-state index is 13.8. The number of hydrogen-bond donors (Lipinski definition) is 2. The third-order valence-electron chi connectivity index (χ3n) is 6.06. The first-order valence-corrected chi connectivity index (χ1v) is 11.2. The van der Waals surface area contributed by atoms with Crippen molar-refractivity contribution in [1.29, 1.82) is 0 Å². The highest BCUT2D eigenvalue weighted by Crippen LogP contribution is 2.30. The third-order valence-corrected chi connectivity index (χ3v) is 6.06. The van der Waals surface area contributed by atoms with Crippen molar-refractivity contribution in [3.63, 3.8) is 0 Å². The highest BCUT2D eigenvalue weighted by atomic mass is 19.1. The summed E-state index contributed by atoms with van der Waals surface area (Å²) in [5.41, 5.74) is -0.108. The fraction of sp³-hybridized carbons (Fsp3) is 0.320. The molecule has 10 heteroatoms. The molecule has 1 amide bonds. The van der Waals surface area contributed by atoms with Crippen LogP contribution in [0.25, 0.3) is 0 Å². The Hall–Kier alpha value is -3.79. The molecule has 0 spiro atoms. The van der Waals surface area contributed by atoms with Gasteiger partial charge in [-0.15, -0.1) is 0 Å². The van der Waals surface area contributed by atoms with E-state index in [1.165, 1.54) is 31.3 Å². The van der Waals surface area contributed by atoms with E-state index in [2.05, 4.69) is 15.5 Å². The first kappa shape index (κ1) is 24.3. The first-order valence-electron chi connectivity index (χ1n) is 11.2. The number of benzene rings is 2. The number of carbonyl (C=O) groups is 1. The molecule has 1 saturated heterocycles. The number of carbonyl (C=O) groups excluding carboxylic acids is 1. The van der Waals surface area contributed by atoms with Crippen molar-refractivity contribution in [2.45, 2.75) is 19.5 Å². The van der Waals surface area contributed by atoms with Crippen molar-refractivity contribution in [2.75, 3.05) is 43.9 Å². The summed E-state index contributed by atoms with van der Waals surface area (Å²) in [6.45, 7) is 4.17. The molecule has 184 valence electrons. The summed E-state index contributed by atoms with van der Waals surface area (Å²) in [5, 5.41) is 5.38. The van der Waals surface area contributed by atoms with E-state index in [1.807, 2.05) is 6.92 Å². The Bertz CT molecular complexity index is 1290. The molecule has 3 aromatic rings. The van der Waals surface area contributed by atoms with Gasteiger partial charge >= 0.3 is 0 Å². The van der Waals surface area contributed by atoms with E-state index in [0.717, 1.165) is 11.6 Å². The summed E-state index contributed by atoms with van der Waals surface area (Å²) in [7, 11) is 1.50. The smallest absolute Gasteiger partial charge is 0.260 e. The predicted octanol–water partition coefficient (Wildman–Crippen LogP) is 2.46. The van der Waals surface area contributed by atoms with Gasteiger partial charge in [-0.05, 0) is 36.8 Å². The molecule has 1 aliphatic rings. The lowest BCUT2D eigenvalue weighted by Crippen LogP contribution is -2.54. The van der Waals surface area contributed by atoms with Gasteiger partial charge in [-0.1, -0.05) is 12.1 Å². The molecular formula is C25H26F2N4O4. The summed E-state index contributed by atoms with van der Waals surface area (Å²) in [6, 6.07) is 9.99. The molecule has 1 atom stereocenters. The SMILES string of the molecule is CNc1c(Nc2cc(F)ccc2OCC(=O)N2CCN(Cc3ccc(F)cc3)C[C@H]2C)c(=O)c1=O. The fourth-order valence-corrected chi connectivity index (χ4v) is 4.23. The molecule has 8 nitrogen and oxygen atoms in total. The van der Waals surface area contributed by atoms with Gasteiger partial charge in [0.25, 0.3) is 16.8 Å². The largest absolute Gasteiger partial charge is 0.482 e. The van der Waals surface area contributed by atoms with Gasteiger partial charge in [0.1, 0.15) is 28.8 Å². The summed E-state index contributed by atoms with van der Waals surface area (Å²) in [4.78, 5) is 40.3. The lowest BCUT2D eigenvalue weighted by Gasteiger charge is -2.39. The van der Waals surface area contributed by atoms with E-state index >= 15 is 0 Å². The van der Waals surface area contributed by atoms with E-state index in [9.17, 15) is 23.2 Å². The molecule has 4 rings (SSSR count). The van der Waals surface area contributed by atoms with Gasteiger partial charge in [0.15, 0.2) is 6.61 Å². The van der Waals surface area contributed by atoms with Crippen LogP contribution in [0.1, 0.15) is 12.5 Å². The maximum Gasteiger partial charge on any atom is 0.260 e. The first-order chi connectivity index (χ1) is 16.8. The molecule has 0 radical (unpaired) electrons. The van der Waals surface area contributed by atoms with Gasteiger partial charge in [0.2, 0.25) is 0 Å². The molecule has 0 bridgehead atoms. The van der Waals surface area contributed by atoms with Crippen LogP contribution in [0.2, 0.25) is 0 Å². The van der Waals surface area contributed by atoms with Crippen LogP contribution in [0, 0.1) is 11.6 Å². The molecule has 2 N–H and O–H groups in total. The Balaban J connectivity index is 1.36. The zero-order valence-electron chi connectivity index (χ0n) is 19.4. The lowest BCUT2D eigenvalue weighted by atomic mass is 10.1. The van der Waals surface area contributed by atoms with E-state index < -0.39 is 16.7 Å². The monoisotopic (exact) mass is 484 g/mol. The Kier molecular flexibility index (Phi) is 7.11. The Morgan fingerprint density at radius 1 is 1.03 bits per heavy atom. The van der Waals surface area contributed by atoms with Gasteiger partial charge in [-0.2, -0.15) is 0 Å². The summed E-state index contributed by atoms with van der Waals surface area (Å²) >= 11 is 0. The van der Waals surface area contributed by atoms with Crippen LogP contribution >= 0.6 is 0 Å². The normalized spacial score (nSPS) is 16.3. The summed E-state index contributed by atoms with van der Waals surface area (Å²) in [5.74, 6) is -0.887. The molecule has 1 aliphatic heterocycles. The van der Waals surface area contributed by atoms with Gasteiger partial charge in [0, 0.05) is 45.3 Å². The number of anilines is 3. The van der Waals surface area contributed by atoms with E-state index in [1.54, 1.807) is 17.0 Å². The van der Waals surface area contributed by atoms with Crippen molar-refractivity contribution < 1.29 is 18.3 Å². The van der Waals surface area contributed by atoms with Crippen LogP contribution in [0.5, 0.6) is 5.75 Å². The highest BCUT2D eigenvalue weighted by Gasteiger charge is 2.28. The molecule has 3 aromatic carbocycles. The number of halogens is 2. The van der Waals surface area contributed by atoms with E-state index in [0.29, 0.717) is 26.2 Å². The van der Waals surface area contributed by atoms with Gasteiger partial charge in [-0.3, -0.25) is 19.3 Å². The van der Waals surface area contributed by atoms with Crippen molar-refractivity contribution in [2.24, 2.45) is 0 Å². The molecule has 0 aliphatic carbocycles. The number of hydrogen-bond acceptors (Lipinski definition) is 7. The minimum atomic E-state index is -0.715. The van der Waals surface area contributed by atoms with Crippen molar-refractivity contribution in [1.82, 2.24) is 9.80 Å². The number of nitrogens with one attached hydrogen (secondary N) is 2. The molecule has 0 aromatic heterocycles. The van der Waals surface area contributed by atoms with Crippen LogP contribution in [0.3, 0.4) is 0 Å². The van der Waals surface area contributed by atoms with Gasteiger partial charge in [0.05, 0.1) is 5.69 Å². The maximum absolute atomic E-state index is 13.8. The average molecular weight is 485 g/mol. The van der Waals surface area contributed by atoms with Crippen LogP contribution in [0.15, 0.2) is 52.1 Å². The van der Waals surface area contributed by atoms with Crippen LogP contribution in [-0.4, -0.2) is 55.0 Å². The Morgan fingerprint density at radius 3 is 2.40 bits per heavy atom. The molecule has 1 heterocycles. The van der Waals surface area contributed by atoms with Gasteiger partial charge < -0.3 is 20.3 Å². The second-order valence-electron chi connectivity index (χ2n) is 8.51. The van der Waals surface area contributed by atoms with E-state index in [4.69, 9.17) is 4.74 Å². The van der Waals surface area contributed by atoms with Crippen LogP contribution in [0.4, 0.5) is 25.8 Å². The topological polar surface area (TPSA) is 91.0 Å². The Labute approximate surface area is 200 Å². The zero-order valence-corrected chi connectivity index (χ0v) is 19.4. The summed E-state index contributed by atoms with van der Waals surface area (Å²) in [6.07, 6.45) is 0. The predicted molar refractivity (Wildman–Crippen MR) is 129 cm³/mol. The van der Waals surface area contributed by atoms with Crippen molar-refractivity contribution >= 4 is 23.0 Å². The third kappa shape index (κ3) is 5.32. The number of nitrogens with zero attached hydrogens (tertiary/aromatic N) is 2. The average Bonchev–Trinajstić information content (AvgIpc) is 2.84. The molecular weight excluding hydrogens is 458 g/mol. The second-order valence-corrected chi connectivity index (χ2v) is 8.51. The van der Waals surface area contributed by atoms with Gasteiger partial charge in [-0.25, -0.2) is 8.78 Å². The van der Waals surface area contributed by atoms with Crippen molar-refractivity contribution in [3.05, 3.63) is 80.1 Å². The number of rotatable bonds is 8. The fourth-order valence-electron chi connectivity index (χ4n) is 4.23. The summed E-state index contributed by atoms with van der Waals surface area (Å²) < 4.78 is 32.7. The minimum absolute atomic E-state index is 0.0187. The lowest BCUT2D eigenvalue weighted by molar-refractivity contribution is -0.137. The quantitative estimate of drug-likeness (QED) is 0.475. The Morgan fingerprint density at radius 2 is 1.71 bits per heavy atom. The molecule has 35 heavy (non-hydrogen) atoms. The van der Waals surface area contributed by atoms with Crippen molar-refractivity contribution in [3.8, 4) is 5.75 Å². The second kappa shape index (κ2) is 10.2. The van der Waals surface area contributed by atoms with Crippen LogP contribution < -0.4 is 26.2 Å². The number of piperazine rings is 1. The molecule has 0 unspecified atom stereocenters. The molecule has 1 fully saturated rings. The number of amides is 1. The van der Waals surface area contributed by atoms with Crippen LogP contribution in [-0.2, 0) is 11.3 Å². The molecule has 0 saturated carbocycles. The highest BCUT2D eigenvalue weighted by molar-refractivity contribution is 5.81. The van der Waals surface area contributed by atoms with E-state index in [-0.39, 0.29) is 47.2 Å². The number of ether oxygens (including phenoxy) is 1. The zero-order chi connectivity index (χ0) is 25.1. The minimum Gasteiger partial charge on any atom is -0.482 e. The standard InChI is InChI=1S/C25H26F2N4O4/c1-15-12-30(13-16-3-5-17(26)6-4-16)9-10-31(15)21(32)14-35-20-8-7-18(27)11-19(20)29-23-22(28-2)24(33)25(23)34/h3-8,11,15,28-29H,9-10,12-14H2,1-2H3/t15-/m1/s1.